The minimum Gasteiger partial charge on any atom is -0.490 e. The van der Waals surface area contributed by atoms with Gasteiger partial charge in [0.1, 0.15) is 5.82 Å². The molecule has 2 aromatic carbocycles. The van der Waals surface area contributed by atoms with Gasteiger partial charge in [-0.15, -0.1) is 5.10 Å². The molecule has 178 valence electrons. The number of aromatic nitrogens is 3. The van der Waals surface area contributed by atoms with Crippen LogP contribution in [0.25, 0.3) is 16.8 Å². The third-order valence-electron chi connectivity index (χ3n) is 5.91. The smallest absolute Gasteiger partial charge is 0.276 e. The number of nitrogen functional groups attached to an aromatic ring is 1. The summed E-state index contributed by atoms with van der Waals surface area (Å²) in [6.07, 6.45) is 1.79. The number of halogens is 4. The van der Waals surface area contributed by atoms with Crippen LogP contribution in [0.1, 0.15) is 30.9 Å². The van der Waals surface area contributed by atoms with Gasteiger partial charge in [0.05, 0.1) is 6.61 Å². The van der Waals surface area contributed by atoms with Gasteiger partial charge in [0, 0.05) is 23.2 Å². The topological polar surface area (TPSA) is 65.4 Å². The Morgan fingerprint density at radius 2 is 1.82 bits per heavy atom. The maximum atomic E-state index is 15.4. The van der Waals surface area contributed by atoms with E-state index >= 15 is 4.39 Å². The Hall–Kier alpha value is -3.62. The van der Waals surface area contributed by atoms with Crippen LogP contribution in [0.2, 0.25) is 0 Å². The summed E-state index contributed by atoms with van der Waals surface area (Å²) in [7, 11) is 0. The minimum atomic E-state index is -3.17. The maximum absolute atomic E-state index is 15.4. The molecule has 34 heavy (non-hydrogen) atoms. The van der Waals surface area contributed by atoms with E-state index in [-0.39, 0.29) is 42.3 Å². The molecular formula is C25H24F4N4O. The van der Waals surface area contributed by atoms with Gasteiger partial charge in [-0.05, 0) is 55.2 Å². The van der Waals surface area contributed by atoms with Crippen LogP contribution in [0.5, 0.6) is 5.75 Å². The highest BCUT2D eigenvalue weighted by atomic mass is 19.3. The van der Waals surface area contributed by atoms with Gasteiger partial charge in [-0.2, -0.15) is 4.98 Å². The van der Waals surface area contributed by atoms with Gasteiger partial charge in [-0.25, -0.2) is 22.1 Å². The maximum Gasteiger partial charge on any atom is 0.276 e. The number of hydrogen-bond donors (Lipinski definition) is 1. The molecule has 0 radical (unpaired) electrons. The first-order chi connectivity index (χ1) is 16.2. The first kappa shape index (κ1) is 23.5. The van der Waals surface area contributed by atoms with Crippen LogP contribution in [0.4, 0.5) is 23.5 Å². The summed E-state index contributed by atoms with van der Waals surface area (Å²) in [4.78, 5) is 4.08. The van der Waals surface area contributed by atoms with Gasteiger partial charge in [0.15, 0.2) is 17.2 Å². The van der Waals surface area contributed by atoms with Crippen molar-refractivity contribution in [2.45, 2.75) is 32.6 Å². The molecule has 9 heteroatoms. The lowest BCUT2D eigenvalue weighted by Gasteiger charge is -2.26. The average molecular weight is 472 g/mol. The van der Waals surface area contributed by atoms with Crippen LogP contribution in [0.15, 0.2) is 54.7 Å². The lowest BCUT2D eigenvalue weighted by molar-refractivity contribution is -0.0730. The SMILES string of the molecule is CCC(CCOc1c(C)ccc(-c2ccn3nc(N)nc3c2)c1F)C(F)(F)c1ccc(F)cc1. The molecule has 0 aliphatic carbocycles. The molecule has 0 fully saturated rings. The van der Waals surface area contributed by atoms with Crippen LogP contribution in [0, 0.1) is 24.5 Å². The van der Waals surface area contributed by atoms with E-state index in [1.807, 2.05) is 0 Å². The van der Waals surface area contributed by atoms with Gasteiger partial charge in [-0.1, -0.05) is 31.2 Å². The number of anilines is 1. The molecule has 4 rings (SSSR count). The summed E-state index contributed by atoms with van der Waals surface area (Å²) in [5.41, 5.74) is 7.21. The number of nitrogens with two attached hydrogens (primary N) is 1. The van der Waals surface area contributed by atoms with Crippen molar-refractivity contribution < 1.29 is 22.3 Å². The molecule has 2 N–H and O–H groups in total. The Morgan fingerprint density at radius 1 is 1.09 bits per heavy atom. The number of aryl methyl sites for hydroxylation is 1. The zero-order valence-corrected chi connectivity index (χ0v) is 18.7. The van der Waals surface area contributed by atoms with Crippen LogP contribution in [0.3, 0.4) is 0 Å². The number of alkyl halides is 2. The van der Waals surface area contributed by atoms with Crippen LogP contribution in [-0.4, -0.2) is 21.2 Å². The third-order valence-corrected chi connectivity index (χ3v) is 5.91. The number of rotatable bonds is 8. The molecule has 4 aromatic rings. The Kier molecular flexibility index (Phi) is 6.45. The van der Waals surface area contributed by atoms with Crippen molar-refractivity contribution in [3.8, 4) is 16.9 Å². The predicted octanol–water partition coefficient (Wildman–Crippen LogP) is 6.15. The second-order valence-corrected chi connectivity index (χ2v) is 8.13. The molecule has 0 spiro atoms. The van der Waals surface area contributed by atoms with Gasteiger partial charge in [0.2, 0.25) is 5.95 Å². The highest BCUT2D eigenvalue weighted by molar-refractivity contribution is 5.70. The standard InChI is InChI=1S/C25H24F4N4O/c1-3-17(25(28,29)18-5-7-19(26)8-6-18)11-13-34-23-15(2)4-9-20(22(23)27)16-10-12-33-21(14-16)31-24(30)32-33/h4-10,12,14,17H,3,11,13H2,1-2H3,(H2,30,32). The molecule has 5 nitrogen and oxygen atoms in total. The second kappa shape index (κ2) is 9.32. The van der Waals surface area contributed by atoms with Gasteiger partial charge < -0.3 is 10.5 Å². The van der Waals surface area contributed by atoms with E-state index in [0.717, 1.165) is 24.3 Å². The fourth-order valence-corrected chi connectivity index (χ4v) is 3.97. The number of pyridine rings is 1. The third kappa shape index (κ3) is 4.55. The molecule has 0 bridgehead atoms. The van der Waals surface area contributed by atoms with E-state index in [0.29, 0.717) is 16.8 Å². The molecule has 1 unspecified atom stereocenters. The lowest BCUT2D eigenvalue weighted by Crippen LogP contribution is -2.27. The largest absolute Gasteiger partial charge is 0.490 e. The zero-order chi connectivity index (χ0) is 24.5. The average Bonchev–Trinajstić information content (AvgIpc) is 3.18. The summed E-state index contributed by atoms with van der Waals surface area (Å²) >= 11 is 0. The van der Waals surface area contributed by atoms with Crippen LogP contribution in [-0.2, 0) is 5.92 Å². The summed E-state index contributed by atoms with van der Waals surface area (Å²) in [5.74, 6) is -5.27. The number of benzene rings is 2. The summed E-state index contributed by atoms with van der Waals surface area (Å²) < 4.78 is 65.7. The van der Waals surface area contributed by atoms with E-state index in [4.69, 9.17) is 10.5 Å². The highest BCUT2D eigenvalue weighted by Gasteiger charge is 2.40. The van der Waals surface area contributed by atoms with Crippen molar-refractivity contribution in [2.24, 2.45) is 5.92 Å². The molecule has 1 atom stereocenters. The van der Waals surface area contributed by atoms with Crippen molar-refractivity contribution in [3.63, 3.8) is 0 Å². The lowest BCUT2D eigenvalue weighted by atomic mass is 9.90. The Bertz CT molecular complexity index is 1300. The van der Waals surface area contributed by atoms with E-state index < -0.39 is 23.5 Å². The normalized spacial score (nSPS) is 12.8. The number of fused-ring (bicyclic) bond motifs is 1. The van der Waals surface area contributed by atoms with E-state index in [1.165, 1.54) is 4.52 Å². The Labute approximate surface area is 194 Å². The Balaban J connectivity index is 1.52. The molecule has 0 saturated heterocycles. The Morgan fingerprint density at radius 3 is 2.53 bits per heavy atom. The molecule has 2 aromatic heterocycles. The number of nitrogens with zero attached hydrogens (tertiary/aromatic N) is 3. The van der Waals surface area contributed by atoms with E-state index in [2.05, 4.69) is 10.1 Å². The summed E-state index contributed by atoms with van der Waals surface area (Å²) in [6, 6.07) is 10.9. The van der Waals surface area contributed by atoms with E-state index in [9.17, 15) is 13.2 Å². The van der Waals surface area contributed by atoms with Crippen molar-refractivity contribution in [3.05, 3.63) is 77.5 Å². The van der Waals surface area contributed by atoms with Crippen molar-refractivity contribution in [1.29, 1.82) is 0 Å². The van der Waals surface area contributed by atoms with Gasteiger partial charge in [0.25, 0.3) is 5.92 Å². The molecular weight excluding hydrogens is 448 g/mol. The summed E-state index contributed by atoms with van der Waals surface area (Å²) in [5, 5.41) is 4.00. The van der Waals surface area contributed by atoms with Gasteiger partial charge >= 0.3 is 0 Å². The van der Waals surface area contributed by atoms with Crippen LogP contribution >= 0.6 is 0 Å². The van der Waals surface area contributed by atoms with Gasteiger partial charge in [-0.3, -0.25) is 0 Å². The predicted molar refractivity (Wildman–Crippen MR) is 122 cm³/mol. The quantitative estimate of drug-likeness (QED) is 0.312. The molecule has 0 aliphatic heterocycles. The minimum absolute atomic E-state index is 0.00500. The van der Waals surface area contributed by atoms with Crippen molar-refractivity contribution in [2.75, 3.05) is 12.3 Å². The second-order valence-electron chi connectivity index (χ2n) is 8.13. The first-order valence-corrected chi connectivity index (χ1v) is 10.9. The monoisotopic (exact) mass is 472 g/mol. The number of ether oxygens (including phenoxy) is 1. The molecule has 2 heterocycles. The molecule has 0 amide bonds. The molecule has 0 aliphatic rings. The first-order valence-electron chi connectivity index (χ1n) is 10.9. The summed E-state index contributed by atoms with van der Waals surface area (Å²) in [6.45, 7) is 3.24. The zero-order valence-electron chi connectivity index (χ0n) is 18.7. The fourth-order valence-electron chi connectivity index (χ4n) is 3.97. The fraction of sp³-hybridized carbons (Fsp3) is 0.280. The highest BCUT2D eigenvalue weighted by Crippen LogP contribution is 2.40. The number of hydrogen-bond acceptors (Lipinski definition) is 4. The van der Waals surface area contributed by atoms with Crippen molar-refractivity contribution in [1.82, 2.24) is 14.6 Å². The molecule has 0 saturated carbocycles. The van der Waals surface area contributed by atoms with Crippen molar-refractivity contribution >= 4 is 11.6 Å². The van der Waals surface area contributed by atoms with Crippen LogP contribution < -0.4 is 10.5 Å². The van der Waals surface area contributed by atoms with E-state index in [1.54, 1.807) is 44.3 Å².